The van der Waals surface area contributed by atoms with Crippen molar-refractivity contribution >= 4 is 22.8 Å². The fourth-order valence-electron chi connectivity index (χ4n) is 3.68. The molecule has 1 amide bonds. The zero-order valence-electron chi connectivity index (χ0n) is 18.0. The Kier molecular flexibility index (Phi) is 7.18. The number of nitrogens with one attached hydrogen (secondary N) is 2. The fraction of sp³-hybridized carbons (Fsp3) is 0.480. The van der Waals surface area contributed by atoms with E-state index in [1.54, 1.807) is 0 Å². The zero-order valence-corrected chi connectivity index (χ0v) is 18.0. The first-order valence-corrected chi connectivity index (χ1v) is 11.0. The number of ether oxygens (including phenoxy) is 1. The Hall–Kier alpha value is -2.49. The molecular weight excluding hydrogens is 360 g/mol. The Morgan fingerprint density at radius 1 is 0.966 bits per heavy atom. The largest absolute Gasteiger partial charge is 0.494 e. The van der Waals surface area contributed by atoms with Gasteiger partial charge in [0, 0.05) is 5.70 Å². The van der Waals surface area contributed by atoms with Gasteiger partial charge in [0.2, 0.25) is 5.91 Å². The molecule has 2 aromatic rings. The highest BCUT2D eigenvalue weighted by Crippen LogP contribution is 2.32. The molecule has 2 N–H and O–H groups in total. The SMILES string of the molecule is CCCCCCCCCOc1ccc2c(/C=C3\NNC(=O)C3(C)C)cccc2c1. The summed E-state index contributed by atoms with van der Waals surface area (Å²) in [5.74, 6) is 0.912. The van der Waals surface area contributed by atoms with Gasteiger partial charge in [0.1, 0.15) is 5.75 Å². The van der Waals surface area contributed by atoms with E-state index in [2.05, 4.69) is 48.1 Å². The van der Waals surface area contributed by atoms with Gasteiger partial charge in [0.25, 0.3) is 0 Å². The second-order valence-electron chi connectivity index (χ2n) is 8.46. The maximum atomic E-state index is 12.0. The van der Waals surface area contributed by atoms with Gasteiger partial charge in [0.05, 0.1) is 12.0 Å². The van der Waals surface area contributed by atoms with Crippen molar-refractivity contribution in [1.82, 2.24) is 10.9 Å². The Balaban J connectivity index is 1.61. The quantitative estimate of drug-likeness (QED) is 0.488. The molecule has 1 aliphatic rings. The van der Waals surface area contributed by atoms with Gasteiger partial charge in [-0.05, 0) is 54.8 Å². The molecule has 3 rings (SSSR count). The molecule has 29 heavy (non-hydrogen) atoms. The van der Waals surface area contributed by atoms with Crippen molar-refractivity contribution < 1.29 is 9.53 Å². The number of hydrogen-bond acceptors (Lipinski definition) is 3. The predicted molar refractivity (Wildman–Crippen MR) is 120 cm³/mol. The Labute approximate surface area is 174 Å². The molecular formula is C25H34N2O2. The number of rotatable bonds is 10. The van der Waals surface area contributed by atoms with E-state index in [0.717, 1.165) is 40.8 Å². The van der Waals surface area contributed by atoms with Crippen molar-refractivity contribution in [3.8, 4) is 5.75 Å². The van der Waals surface area contributed by atoms with Crippen LogP contribution in [0.15, 0.2) is 42.1 Å². The lowest BCUT2D eigenvalue weighted by Crippen LogP contribution is -2.28. The van der Waals surface area contributed by atoms with Crippen molar-refractivity contribution in [2.24, 2.45) is 5.41 Å². The summed E-state index contributed by atoms with van der Waals surface area (Å²) < 4.78 is 5.98. The van der Waals surface area contributed by atoms with Crippen LogP contribution in [0.2, 0.25) is 0 Å². The van der Waals surface area contributed by atoms with Crippen molar-refractivity contribution in [2.45, 2.75) is 65.7 Å². The van der Waals surface area contributed by atoms with Gasteiger partial charge in [-0.3, -0.25) is 10.2 Å². The molecule has 0 atom stereocenters. The Bertz CT molecular complexity index is 870. The van der Waals surface area contributed by atoms with E-state index in [9.17, 15) is 4.79 Å². The topological polar surface area (TPSA) is 50.4 Å². The van der Waals surface area contributed by atoms with E-state index >= 15 is 0 Å². The maximum Gasteiger partial charge on any atom is 0.249 e. The standard InChI is InChI=1S/C25H34N2O2/c1-4-5-6-7-8-9-10-16-29-21-14-15-22-19(17-21)12-11-13-20(22)18-23-25(2,3)24(28)27-26-23/h11-15,17-18,26H,4-10,16H2,1-3H3,(H,27,28)/b23-18-. The summed E-state index contributed by atoms with van der Waals surface area (Å²) in [4.78, 5) is 12.0. The van der Waals surface area contributed by atoms with E-state index in [-0.39, 0.29) is 5.91 Å². The molecule has 0 aromatic heterocycles. The number of carbonyl (C=O) groups is 1. The molecule has 1 aliphatic heterocycles. The van der Waals surface area contributed by atoms with Gasteiger partial charge in [-0.1, -0.05) is 69.7 Å². The minimum atomic E-state index is -0.554. The van der Waals surface area contributed by atoms with E-state index in [4.69, 9.17) is 4.74 Å². The summed E-state index contributed by atoms with van der Waals surface area (Å²) in [6.45, 7) is 6.88. The van der Waals surface area contributed by atoms with Gasteiger partial charge >= 0.3 is 0 Å². The molecule has 0 unspecified atom stereocenters. The molecule has 4 nitrogen and oxygen atoms in total. The van der Waals surface area contributed by atoms with Crippen LogP contribution in [-0.4, -0.2) is 12.5 Å². The number of amides is 1. The molecule has 0 saturated carbocycles. The number of fused-ring (bicyclic) bond motifs is 1. The van der Waals surface area contributed by atoms with Gasteiger partial charge in [-0.15, -0.1) is 0 Å². The lowest BCUT2D eigenvalue weighted by atomic mass is 9.88. The molecule has 0 spiro atoms. The molecule has 1 fully saturated rings. The molecule has 0 aliphatic carbocycles. The van der Waals surface area contributed by atoms with Gasteiger partial charge in [-0.2, -0.15) is 0 Å². The van der Waals surface area contributed by atoms with Crippen LogP contribution in [-0.2, 0) is 4.79 Å². The van der Waals surface area contributed by atoms with Crippen molar-refractivity contribution in [2.75, 3.05) is 6.61 Å². The third-order valence-corrected chi connectivity index (χ3v) is 5.75. The minimum Gasteiger partial charge on any atom is -0.494 e. The third-order valence-electron chi connectivity index (χ3n) is 5.75. The Morgan fingerprint density at radius 2 is 1.72 bits per heavy atom. The Morgan fingerprint density at radius 3 is 2.45 bits per heavy atom. The van der Waals surface area contributed by atoms with Crippen molar-refractivity contribution in [3.05, 3.63) is 47.7 Å². The first kappa shape index (κ1) is 21.2. The van der Waals surface area contributed by atoms with Crippen LogP contribution >= 0.6 is 0 Å². The fourth-order valence-corrected chi connectivity index (χ4v) is 3.68. The molecule has 1 heterocycles. The average Bonchev–Trinajstić information content (AvgIpc) is 2.96. The van der Waals surface area contributed by atoms with Crippen LogP contribution in [0.1, 0.15) is 71.3 Å². The summed E-state index contributed by atoms with van der Waals surface area (Å²) in [5.41, 5.74) is 7.14. The predicted octanol–water partition coefficient (Wildman–Crippen LogP) is 5.97. The first-order valence-electron chi connectivity index (χ1n) is 11.0. The minimum absolute atomic E-state index is 0.00923. The highest BCUT2D eigenvalue weighted by Gasteiger charge is 2.37. The molecule has 0 radical (unpaired) electrons. The number of carbonyl (C=O) groups excluding carboxylic acids is 1. The second-order valence-corrected chi connectivity index (χ2v) is 8.46. The van der Waals surface area contributed by atoms with Gasteiger partial charge in [0.15, 0.2) is 0 Å². The first-order chi connectivity index (χ1) is 14.0. The number of hydrazine groups is 1. The van der Waals surface area contributed by atoms with Crippen LogP contribution in [0.25, 0.3) is 16.8 Å². The molecule has 1 saturated heterocycles. The summed E-state index contributed by atoms with van der Waals surface area (Å²) in [5, 5.41) is 2.30. The van der Waals surface area contributed by atoms with Crippen LogP contribution in [0.4, 0.5) is 0 Å². The molecule has 0 bridgehead atoms. The third kappa shape index (κ3) is 5.31. The zero-order chi connectivity index (χ0) is 20.7. The highest BCUT2D eigenvalue weighted by atomic mass is 16.5. The monoisotopic (exact) mass is 394 g/mol. The lowest BCUT2D eigenvalue weighted by Gasteiger charge is -2.15. The van der Waals surface area contributed by atoms with Crippen molar-refractivity contribution in [3.63, 3.8) is 0 Å². The van der Waals surface area contributed by atoms with Crippen LogP contribution in [0.3, 0.4) is 0 Å². The van der Waals surface area contributed by atoms with Gasteiger partial charge in [-0.25, -0.2) is 0 Å². The van der Waals surface area contributed by atoms with Crippen molar-refractivity contribution in [1.29, 1.82) is 0 Å². The number of unbranched alkanes of at least 4 members (excludes halogenated alkanes) is 6. The number of hydrogen-bond donors (Lipinski definition) is 2. The summed E-state index contributed by atoms with van der Waals surface area (Å²) in [6, 6.07) is 12.5. The van der Waals surface area contributed by atoms with E-state index in [1.165, 1.54) is 38.5 Å². The normalized spacial score (nSPS) is 16.8. The second kappa shape index (κ2) is 9.82. The van der Waals surface area contributed by atoms with Crippen LogP contribution < -0.4 is 15.6 Å². The summed E-state index contributed by atoms with van der Waals surface area (Å²) >= 11 is 0. The van der Waals surface area contributed by atoms with E-state index < -0.39 is 5.41 Å². The smallest absolute Gasteiger partial charge is 0.249 e. The summed E-state index contributed by atoms with van der Waals surface area (Å²) in [6.07, 6.45) is 11.1. The van der Waals surface area contributed by atoms with E-state index in [1.807, 2.05) is 26.0 Å². The molecule has 156 valence electrons. The van der Waals surface area contributed by atoms with Crippen LogP contribution in [0, 0.1) is 5.41 Å². The summed E-state index contributed by atoms with van der Waals surface area (Å²) in [7, 11) is 0. The maximum absolute atomic E-state index is 12.0. The average molecular weight is 395 g/mol. The molecule has 2 aromatic carbocycles. The molecule has 4 heteroatoms. The number of benzene rings is 2. The lowest BCUT2D eigenvalue weighted by molar-refractivity contribution is -0.125. The van der Waals surface area contributed by atoms with Gasteiger partial charge < -0.3 is 10.2 Å². The van der Waals surface area contributed by atoms with Crippen LogP contribution in [0.5, 0.6) is 5.75 Å². The highest BCUT2D eigenvalue weighted by molar-refractivity contribution is 5.94. The van der Waals surface area contributed by atoms with E-state index in [0.29, 0.717) is 0 Å².